The number of amides is 1. The number of hydrogen-bond acceptors (Lipinski definition) is 6. The van der Waals surface area contributed by atoms with Crippen LogP contribution in [0.2, 0.25) is 0 Å². The van der Waals surface area contributed by atoms with Crippen LogP contribution in [0.25, 0.3) is 0 Å². The fraction of sp³-hybridized carbons (Fsp3) is 0.611. The molecule has 152 valence electrons. The second-order valence-electron chi connectivity index (χ2n) is 6.33. The molecule has 0 aromatic heterocycles. The number of methoxy groups -OCH3 is 3. The topological polar surface area (TPSA) is 94.2 Å². The zero-order valence-corrected chi connectivity index (χ0v) is 16.9. The fourth-order valence-corrected chi connectivity index (χ4v) is 4.70. The Morgan fingerprint density at radius 2 is 1.89 bits per heavy atom. The number of ether oxygens (including phenoxy) is 3. The SMILES string of the molecule is COCCCNC(=O)C1CCN(S(=O)(=O)c2cc(OC)ccc2OC)CC1. The van der Waals surface area contributed by atoms with Crippen LogP contribution in [0.3, 0.4) is 0 Å². The lowest BCUT2D eigenvalue weighted by atomic mass is 9.97. The molecule has 1 saturated heterocycles. The molecule has 1 aromatic rings. The smallest absolute Gasteiger partial charge is 0.246 e. The van der Waals surface area contributed by atoms with Gasteiger partial charge < -0.3 is 19.5 Å². The summed E-state index contributed by atoms with van der Waals surface area (Å²) < 4.78 is 42.8. The van der Waals surface area contributed by atoms with Crippen molar-refractivity contribution in [1.29, 1.82) is 0 Å². The first-order valence-electron chi connectivity index (χ1n) is 8.93. The third kappa shape index (κ3) is 5.33. The molecule has 0 bridgehead atoms. The van der Waals surface area contributed by atoms with Crippen molar-refractivity contribution in [3.63, 3.8) is 0 Å². The lowest BCUT2D eigenvalue weighted by Crippen LogP contribution is -2.43. The maximum Gasteiger partial charge on any atom is 0.246 e. The van der Waals surface area contributed by atoms with Crippen molar-refractivity contribution in [2.45, 2.75) is 24.2 Å². The number of carbonyl (C=O) groups excluding carboxylic acids is 1. The molecule has 8 nitrogen and oxygen atoms in total. The van der Waals surface area contributed by atoms with Crippen LogP contribution in [-0.4, -0.2) is 66.2 Å². The first kappa shape index (κ1) is 21.5. The maximum absolute atomic E-state index is 13.0. The summed E-state index contributed by atoms with van der Waals surface area (Å²) in [5, 5.41) is 2.88. The van der Waals surface area contributed by atoms with Gasteiger partial charge in [-0.25, -0.2) is 8.42 Å². The number of sulfonamides is 1. The molecule has 0 radical (unpaired) electrons. The van der Waals surface area contributed by atoms with Crippen LogP contribution in [0.4, 0.5) is 0 Å². The Labute approximate surface area is 160 Å². The lowest BCUT2D eigenvalue weighted by Gasteiger charge is -2.31. The lowest BCUT2D eigenvalue weighted by molar-refractivity contribution is -0.126. The number of nitrogens with zero attached hydrogens (tertiary/aromatic N) is 1. The molecular weight excluding hydrogens is 372 g/mol. The molecule has 1 aliphatic heterocycles. The van der Waals surface area contributed by atoms with Gasteiger partial charge in [0.15, 0.2) is 0 Å². The molecule has 1 aromatic carbocycles. The molecule has 1 fully saturated rings. The van der Waals surface area contributed by atoms with Crippen LogP contribution in [0.1, 0.15) is 19.3 Å². The van der Waals surface area contributed by atoms with E-state index in [1.165, 1.54) is 24.6 Å². The number of carbonyl (C=O) groups is 1. The second kappa shape index (κ2) is 9.91. The van der Waals surface area contributed by atoms with E-state index in [1.54, 1.807) is 19.2 Å². The normalized spacial score (nSPS) is 16.1. The monoisotopic (exact) mass is 400 g/mol. The molecular formula is C18H28N2O6S. The van der Waals surface area contributed by atoms with Crippen LogP contribution in [-0.2, 0) is 19.6 Å². The van der Waals surface area contributed by atoms with Crippen molar-refractivity contribution in [1.82, 2.24) is 9.62 Å². The summed E-state index contributed by atoms with van der Waals surface area (Å²) in [7, 11) is 0.802. The van der Waals surface area contributed by atoms with Gasteiger partial charge >= 0.3 is 0 Å². The minimum atomic E-state index is -3.73. The van der Waals surface area contributed by atoms with Crippen molar-refractivity contribution in [2.24, 2.45) is 5.92 Å². The largest absolute Gasteiger partial charge is 0.497 e. The predicted molar refractivity (Wildman–Crippen MR) is 101 cm³/mol. The molecule has 27 heavy (non-hydrogen) atoms. The van der Waals surface area contributed by atoms with Crippen LogP contribution in [0, 0.1) is 5.92 Å². The number of hydrogen-bond donors (Lipinski definition) is 1. The average molecular weight is 400 g/mol. The van der Waals surface area contributed by atoms with Crippen molar-refractivity contribution in [2.75, 3.05) is 47.6 Å². The predicted octanol–water partition coefficient (Wildman–Crippen LogP) is 1.26. The van der Waals surface area contributed by atoms with E-state index in [2.05, 4.69) is 5.32 Å². The van der Waals surface area contributed by atoms with E-state index < -0.39 is 10.0 Å². The Morgan fingerprint density at radius 1 is 1.19 bits per heavy atom. The summed E-state index contributed by atoms with van der Waals surface area (Å²) in [6.07, 6.45) is 1.73. The van der Waals surface area contributed by atoms with Crippen LogP contribution in [0.5, 0.6) is 11.5 Å². The van der Waals surface area contributed by atoms with E-state index in [4.69, 9.17) is 14.2 Å². The molecule has 0 unspecified atom stereocenters. The van der Waals surface area contributed by atoms with Gasteiger partial charge in [0.1, 0.15) is 16.4 Å². The molecule has 1 aliphatic rings. The van der Waals surface area contributed by atoms with Gasteiger partial charge in [0, 0.05) is 45.3 Å². The molecule has 0 saturated carbocycles. The number of benzene rings is 1. The summed E-state index contributed by atoms with van der Waals surface area (Å²) >= 11 is 0. The summed E-state index contributed by atoms with van der Waals surface area (Å²) in [4.78, 5) is 12.3. The number of piperidine rings is 1. The van der Waals surface area contributed by atoms with Gasteiger partial charge in [0.2, 0.25) is 15.9 Å². The highest BCUT2D eigenvalue weighted by atomic mass is 32.2. The van der Waals surface area contributed by atoms with Gasteiger partial charge in [-0.3, -0.25) is 4.79 Å². The Balaban J connectivity index is 2.01. The van der Waals surface area contributed by atoms with E-state index in [-0.39, 0.29) is 22.5 Å². The Bertz CT molecular complexity index is 729. The van der Waals surface area contributed by atoms with Gasteiger partial charge in [0.05, 0.1) is 14.2 Å². The highest BCUT2D eigenvalue weighted by Crippen LogP contribution is 2.32. The van der Waals surface area contributed by atoms with E-state index in [1.807, 2.05) is 0 Å². The molecule has 9 heteroatoms. The first-order chi connectivity index (χ1) is 12.9. The van der Waals surface area contributed by atoms with Gasteiger partial charge in [-0.15, -0.1) is 0 Å². The van der Waals surface area contributed by atoms with Gasteiger partial charge in [-0.05, 0) is 31.4 Å². The Hall–Kier alpha value is -1.84. The van der Waals surface area contributed by atoms with Crippen molar-refractivity contribution in [3.8, 4) is 11.5 Å². The molecule has 1 heterocycles. The maximum atomic E-state index is 13.0. The summed E-state index contributed by atoms with van der Waals surface area (Å²) in [6.45, 7) is 1.74. The van der Waals surface area contributed by atoms with E-state index >= 15 is 0 Å². The third-order valence-corrected chi connectivity index (χ3v) is 6.56. The number of rotatable bonds is 9. The standard InChI is InChI=1S/C18H28N2O6S/c1-24-12-4-9-19-18(21)14-7-10-20(11-8-14)27(22,23)17-13-15(25-2)5-6-16(17)26-3/h5-6,13-14H,4,7-12H2,1-3H3,(H,19,21). The van der Waals surface area contributed by atoms with Gasteiger partial charge in [-0.2, -0.15) is 4.31 Å². The van der Waals surface area contributed by atoms with Crippen molar-refractivity contribution < 1.29 is 27.4 Å². The van der Waals surface area contributed by atoms with E-state index in [9.17, 15) is 13.2 Å². The van der Waals surface area contributed by atoms with Crippen molar-refractivity contribution in [3.05, 3.63) is 18.2 Å². The van der Waals surface area contributed by atoms with Gasteiger partial charge in [-0.1, -0.05) is 0 Å². The molecule has 1 amide bonds. The van der Waals surface area contributed by atoms with Gasteiger partial charge in [0.25, 0.3) is 0 Å². The molecule has 0 aliphatic carbocycles. The van der Waals surface area contributed by atoms with E-state index in [0.29, 0.717) is 44.8 Å². The molecule has 0 atom stereocenters. The zero-order chi connectivity index (χ0) is 19.9. The summed E-state index contributed by atoms with van der Waals surface area (Å²) in [5.41, 5.74) is 0. The summed E-state index contributed by atoms with van der Waals surface area (Å²) in [6, 6.07) is 4.69. The Kier molecular flexibility index (Phi) is 7.88. The number of nitrogens with one attached hydrogen (secondary N) is 1. The zero-order valence-electron chi connectivity index (χ0n) is 16.1. The average Bonchev–Trinajstić information content (AvgIpc) is 2.70. The molecule has 0 spiro atoms. The quantitative estimate of drug-likeness (QED) is 0.627. The third-order valence-electron chi connectivity index (χ3n) is 4.64. The minimum absolute atomic E-state index is 0.0258. The van der Waals surface area contributed by atoms with Crippen LogP contribution >= 0.6 is 0 Å². The van der Waals surface area contributed by atoms with Crippen LogP contribution in [0.15, 0.2) is 23.1 Å². The van der Waals surface area contributed by atoms with Crippen LogP contribution < -0.4 is 14.8 Å². The summed E-state index contributed by atoms with van der Waals surface area (Å²) in [5.74, 6) is 0.516. The Morgan fingerprint density at radius 3 is 2.48 bits per heavy atom. The highest BCUT2D eigenvalue weighted by molar-refractivity contribution is 7.89. The molecule has 1 N–H and O–H groups in total. The van der Waals surface area contributed by atoms with E-state index in [0.717, 1.165) is 6.42 Å². The first-order valence-corrected chi connectivity index (χ1v) is 10.4. The second-order valence-corrected chi connectivity index (χ2v) is 8.24. The minimum Gasteiger partial charge on any atom is -0.497 e. The molecule has 2 rings (SSSR count). The van der Waals surface area contributed by atoms with Crippen molar-refractivity contribution >= 4 is 15.9 Å². The highest BCUT2D eigenvalue weighted by Gasteiger charge is 2.33. The fourth-order valence-electron chi connectivity index (χ4n) is 3.06.